The molecule has 1 aliphatic carbocycles. The van der Waals surface area contributed by atoms with E-state index in [0.29, 0.717) is 33.3 Å². The maximum absolute atomic E-state index is 12.7. The Balaban J connectivity index is 1.83. The number of aryl methyl sites for hydroxylation is 1. The van der Waals surface area contributed by atoms with Crippen LogP contribution in [0.25, 0.3) is 10.9 Å². The first-order valence-electron chi connectivity index (χ1n) is 8.05. The Morgan fingerprint density at radius 1 is 1.04 bits per heavy atom. The summed E-state index contributed by atoms with van der Waals surface area (Å²) in [4.78, 5) is 29.8. The van der Waals surface area contributed by atoms with Crippen LogP contribution < -0.4 is 5.90 Å². The van der Waals surface area contributed by atoms with E-state index in [2.05, 4.69) is 9.27 Å². The van der Waals surface area contributed by atoms with Gasteiger partial charge in [0.05, 0.1) is 15.8 Å². The van der Waals surface area contributed by atoms with E-state index < -0.39 is 16.4 Å². The third-order valence-corrected chi connectivity index (χ3v) is 5.74. The summed E-state index contributed by atoms with van der Waals surface area (Å²) in [5.74, 6) is 3.29. The van der Waals surface area contributed by atoms with E-state index in [1.165, 1.54) is 12.1 Å². The van der Waals surface area contributed by atoms with Crippen LogP contribution in [-0.4, -0.2) is 16.6 Å². The second kappa shape index (κ2) is 6.14. The Labute approximate surface area is 155 Å². The van der Waals surface area contributed by atoms with E-state index in [4.69, 9.17) is 5.90 Å². The number of carbonyl (C=O) groups is 2. The van der Waals surface area contributed by atoms with Gasteiger partial charge < -0.3 is 0 Å². The molecule has 1 aromatic heterocycles. The molecule has 1 atom stereocenters. The highest BCUT2D eigenvalue weighted by molar-refractivity contribution is 7.93. The highest BCUT2D eigenvalue weighted by Crippen LogP contribution is 2.34. The first-order valence-corrected chi connectivity index (χ1v) is 9.46. The SMILES string of the molecule is Cc1cc([S+]([O])(=O)ON)cc2ccc(C3C(=O)c4ccccc4C3=O)nc12. The van der Waals surface area contributed by atoms with E-state index >= 15 is 0 Å². The molecule has 0 aliphatic heterocycles. The lowest BCUT2D eigenvalue weighted by atomic mass is 9.98. The van der Waals surface area contributed by atoms with Gasteiger partial charge in [0.15, 0.2) is 11.6 Å². The number of pyridine rings is 1. The van der Waals surface area contributed by atoms with Crippen LogP contribution in [0.4, 0.5) is 0 Å². The highest BCUT2D eigenvalue weighted by atomic mass is 32.3. The first kappa shape index (κ1) is 17.6. The molecule has 8 heteroatoms. The number of fused-ring (bicyclic) bond motifs is 2. The maximum Gasteiger partial charge on any atom is 0.447 e. The number of nitrogens with zero attached hydrogens (tertiary/aromatic N) is 1. The number of aromatic nitrogens is 1. The average molecular weight is 382 g/mol. The number of hydrogen-bond donors (Lipinski definition) is 1. The van der Waals surface area contributed by atoms with Gasteiger partial charge in [-0.05, 0) is 27.0 Å². The molecule has 0 spiro atoms. The quantitative estimate of drug-likeness (QED) is 0.422. The fraction of sp³-hybridized carbons (Fsp3) is 0.105. The number of ketones is 2. The molecule has 0 saturated carbocycles. The third-order valence-electron chi connectivity index (χ3n) is 4.67. The molecular formula is C19H14N2O5S+. The Bertz CT molecular complexity index is 1140. The van der Waals surface area contributed by atoms with Crippen LogP contribution in [0.5, 0.6) is 0 Å². The number of hydrogen-bond acceptors (Lipinski definition) is 6. The minimum atomic E-state index is -4.05. The normalized spacial score (nSPS) is 16.6. The van der Waals surface area contributed by atoms with Crippen molar-refractivity contribution in [2.45, 2.75) is 17.7 Å². The lowest BCUT2D eigenvalue weighted by Gasteiger charge is -2.09. The van der Waals surface area contributed by atoms with Gasteiger partial charge in [0.1, 0.15) is 5.92 Å². The van der Waals surface area contributed by atoms with E-state index in [0.717, 1.165) is 0 Å². The minimum absolute atomic E-state index is 0.0926. The lowest BCUT2D eigenvalue weighted by molar-refractivity contribution is 0.0888. The summed E-state index contributed by atoms with van der Waals surface area (Å²) in [6, 6.07) is 12.6. The topological polar surface area (TPSA) is 119 Å². The van der Waals surface area contributed by atoms with Crippen LogP contribution >= 0.6 is 0 Å². The van der Waals surface area contributed by atoms with Crippen molar-refractivity contribution in [2.24, 2.45) is 5.90 Å². The summed E-state index contributed by atoms with van der Waals surface area (Å²) >= 11 is 0. The molecule has 0 fully saturated rings. The molecule has 4 rings (SSSR count). The molecule has 2 aromatic carbocycles. The van der Waals surface area contributed by atoms with Crippen LogP contribution in [0.15, 0.2) is 53.4 Å². The molecule has 0 saturated heterocycles. The molecule has 27 heavy (non-hydrogen) atoms. The predicted molar refractivity (Wildman–Crippen MR) is 96.6 cm³/mol. The van der Waals surface area contributed by atoms with Crippen molar-refractivity contribution in [3.63, 3.8) is 0 Å². The molecule has 135 valence electrons. The van der Waals surface area contributed by atoms with Crippen molar-refractivity contribution >= 4 is 33.0 Å². The van der Waals surface area contributed by atoms with E-state index in [9.17, 15) is 18.4 Å². The van der Waals surface area contributed by atoms with Crippen molar-refractivity contribution in [1.82, 2.24) is 4.98 Å². The molecule has 2 N–H and O–H groups in total. The van der Waals surface area contributed by atoms with Crippen molar-refractivity contribution in [1.29, 1.82) is 0 Å². The molecule has 3 aromatic rings. The van der Waals surface area contributed by atoms with Crippen LogP contribution in [0.2, 0.25) is 0 Å². The Morgan fingerprint density at radius 3 is 2.26 bits per heavy atom. The summed E-state index contributed by atoms with van der Waals surface area (Å²) in [6.45, 7) is 1.68. The van der Waals surface area contributed by atoms with Gasteiger partial charge in [-0.15, -0.1) is 0 Å². The van der Waals surface area contributed by atoms with Gasteiger partial charge >= 0.3 is 10.5 Å². The Kier molecular flexibility index (Phi) is 4.01. The molecule has 0 bridgehead atoms. The largest absolute Gasteiger partial charge is 0.447 e. The van der Waals surface area contributed by atoms with E-state index in [1.54, 1.807) is 43.3 Å². The van der Waals surface area contributed by atoms with Crippen molar-refractivity contribution < 1.29 is 22.6 Å². The lowest BCUT2D eigenvalue weighted by Crippen LogP contribution is -2.17. The van der Waals surface area contributed by atoms with Gasteiger partial charge in [-0.25, -0.2) is 0 Å². The number of rotatable bonds is 3. The number of carbonyl (C=O) groups excluding carboxylic acids is 2. The third kappa shape index (κ3) is 2.70. The fourth-order valence-corrected chi connectivity index (χ4v) is 4.07. The smallest absolute Gasteiger partial charge is 0.293 e. The van der Waals surface area contributed by atoms with Crippen LogP contribution in [0, 0.1) is 6.92 Å². The summed E-state index contributed by atoms with van der Waals surface area (Å²) in [5.41, 5.74) is 2.18. The monoisotopic (exact) mass is 382 g/mol. The van der Waals surface area contributed by atoms with Gasteiger partial charge in [-0.1, -0.05) is 30.3 Å². The van der Waals surface area contributed by atoms with Crippen LogP contribution in [-0.2, 0) is 23.5 Å². The zero-order chi connectivity index (χ0) is 19.3. The molecular weight excluding hydrogens is 368 g/mol. The molecule has 1 unspecified atom stereocenters. The zero-order valence-electron chi connectivity index (χ0n) is 14.2. The first-order chi connectivity index (χ1) is 12.8. The summed E-state index contributed by atoms with van der Waals surface area (Å²) < 4.78 is 27.7. The molecule has 7 nitrogen and oxygen atoms in total. The van der Waals surface area contributed by atoms with Gasteiger partial charge in [0.2, 0.25) is 4.90 Å². The van der Waals surface area contributed by atoms with Gasteiger partial charge in [-0.3, -0.25) is 14.6 Å². The van der Waals surface area contributed by atoms with E-state index in [-0.39, 0.29) is 16.5 Å². The second-order valence-corrected chi connectivity index (χ2v) is 7.88. The van der Waals surface area contributed by atoms with Gasteiger partial charge in [-0.2, -0.15) is 5.90 Å². The minimum Gasteiger partial charge on any atom is -0.293 e. The Hall–Kier alpha value is -2.78. The summed E-state index contributed by atoms with van der Waals surface area (Å²) in [5, 5.41) is 0.532. The fourth-order valence-electron chi connectivity index (χ4n) is 3.37. The second-order valence-electron chi connectivity index (χ2n) is 6.31. The highest BCUT2D eigenvalue weighted by Gasteiger charge is 2.40. The van der Waals surface area contributed by atoms with E-state index in [1.807, 2.05) is 0 Å². The Morgan fingerprint density at radius 2 is 1.67 bits per heavy atom. The molecule has 1 heterocycles. The van der Waals surface area contributed by atoms with Crippen molar-refractivity contribution in [3.05, 3.63) is 70.9 Å². The molecule has 1 aliphatic rings. The number of nitrogens with two attached hydrogens (primary N) is 1. The summed E-state index contributed by atoms with van der Waals surface area (Å²) in [7, 11) is -4.05. The van der Waals surface area contributed by atoms with Gasteiger partial charge in [0, 0.05) is 28.6 Å². The van der Waals surface area contributed by atoms with Crippen molar-refractivity contribution in [3.8, 4) is 0 Å². The molecule has 0 amide bonds. The predicted octanol–water partition coefficient (Wildman–Crippen LogP) is 2.72. The maximum atomic E-state index is 12.7. The van der Waals surface area contributed by atoms with Crippen LogP contribution in [0.1, 0.15) is 37.9 Å². The zero-order valence-corrected chi connectivity index (χ0v) is 15.0. The van der Waals surface area contributed by atoms with Crippen LogP contribution in [0.3, 0.4) is 0 Å². The number of benzene rings is 2. The number of Topliss-reactive ketones (excluding diaryl/α,β-unsaturated/α-hetero) is 2. The standard InChI is InChI=1S/C19H14N2O5S/c1-10-8-12(27(24,25)26-20)9-11-6-7-15(21-17(10)11)16-18(22)13-4-2-3-5-14(13)19(16)23/h2-9,16H,20H2,1H3/q+1. The molecule has 1 radical (unpaired) electrons. The van der Waals surface area contributed by atoms with Gasteiger partial charge in [0.25, 0.3) is 0 Å². The summed E-state index contributed by atoms with van der Waals surface area (Å²) in [6.07, 6.45) is 0. The van der Waals surface area contributed by atoms with Crippen molar-refractivity contribution in [2.75, 3.05) is 0 Å². The average Bonchev–Trinajstić information content (AvgIpc) is 2.92.